The third kappa shape index (κ3) is 2.88. The Morgan fingerprint density at radius 2 is 2.15 bits per heavy atom. The lowest BCUT2D eigenvalue weighted by atomic mass is 10.1. The minimum atomic E-state index is -4.49. The van der Waals surface area contributed by atoms with E-state index in [1.54, 1.807) is 7.05 Å². The minimum Gasteiger partial charge on any atom is -0.377 e. The number of nitriles is 1. The number of hydrogen-bond donors (Lipinski definition) is 1. The summed E-state index contributed by atoms with van der Waals surface area (Å²) in [5.41, 5.74) is -0.823. The number of halogens is 3. The molecule has 0 saturated heterocycles. The van der Waals surface area contributed by atoms with Gasteiger partial charge in [0.1, 0.15) is 12.2 Å². The Bertz CT molecular complexity index is 654. The zero-order valence-corrected chi connectivity index (χ0v) is 10.4. The molecule has 0 saturated carbocycles. The van der Waals surface area contributed by atoms with Crippen molar-refractivity contribution in [3.8, 4) is 6.07 Å². The van der Waals surface area contributed by atoms with Gasteiger partial charge in [-0.05, 0) is 18.2 Å². The molecule has 8 heteroatoms. The molecule has 1 heterocycles. The predicted octanol–water partition coefficient (Wildman–Crippen LogP) is 2.32. The summed E-state index contributed by atoms with van der Waals surface area (Å²) < 4.78 is 40.1. The topological polar surface area (TPSA) is 66.5 Å². The van der Waals surface area contributed by atoms with Gasteiger partial charge in [-0.25, -0.2) is 4.98 Å². The standard InChI is InChI=1S/C12H10F3N5/c1-20-11(18-7-19-20)6-17-10-4-8(5-16)2-3-9(10)12(13,14)15/h2-4,7,17H,6H2,1H3. The van der Waals surface area contributed by atoms with Crippen LogP contribution < -0.4 is 5.32 Å². The first-order chi connectivity index (χ1) is 9.41. The fourth-order valence-electron chi connectivity index (χ4n) is 1.66. The Morgan fingerprint density at radius 1 is 1.40 bits per heavy atom. The Hall–Kier alpha value is -2.56. The van der Waals surface area contributed by atoms with E-state index in [-0.39, 0.29) is 17.8 Å². The molecule has 2 aromatic rings. The van der Waals surface area contributed by atoms with E-state index in [0.717, 1.165) is 12.1 Å². The number of anilines is 1. The van der Waals surface area contributed by atoms with Crippen molar-refractivity contribution in [2.45, 2.75) is 12.7 Å². The average molecular weight is 281 g/mol. The van der Waals surface area contributed by atoms with Crippen LogP contribution >= 0.6 is 0 Å². The van der Waals surface area contributed by atoms with E-state index in [9.17, 15) is 13.2 Å². The predicted molar refractivity (Wildman–Crippen MR) is 64.5 cm³/mol. The van der Waals surface area contributed by atoms with Crippen LogP contribution in [0.2, 0.25) is 0 Å². The number of aromatic nitrogens is 3. The van der Waals surface area contributed by atoms with E-state index in [4.69, 9.17) is 5.26 Å². The molecule has 2 rings (SSSR count). The summed E-state index contributed by atoms with van der Waals surface area (Å²) in [7, 11) is 1.64. The second-order valence-electron chi connectivity index (χ2n) is 4.02. The molecule has 1 N–H and O–H groups in total. The third-order valence-electron chi connectivity index (χ3n) is 2.70. The van der Waals surface area contributed by atoms with Crippen molar-refractivity contribution in [2.24, 2.45) is 7.05 Å². The molecular formula is C12H10F3N5. The lowest BCUT2D eigenvalue weighted by Gasteiger charge is -2.14. The van der Waals surface area contributed by atoms with Gasteiger partial charge in [-0.2, -0.15) is 23.5 Å². The highest BCUT2D eigenvalue weighted by Gasteiger charge is 2.33. The summed E-state index contributed by atoms with van der Waals surface area (Å²) in [6, 6.07) is 5.00. The Kier molecular flexibility index (Phi) is 3.61. The molecule has 0 amide bonds. The zero-order valence-electron chi connectivity index (χ0n) is 10.4. The quantitative estimate of drug-likeness (QED) is 0.937. The van der Waals surface area contributed by atoms with Crippen LogP contribution in [0.1, 0.15) is 17.0 Å². The van der Waals surface area contributed by atoms with Gasteiger partial charge in [-0.3, -0.25) is 4.68 Å². The second-order valence-corrected chi connectivity index (χ2v) is 4.02. The van der Waals surface area contributed by atoms with Gasteiger partial charge in [0.05, 0.1) is 23.7 Å². The van der Waals surface area contributed by atoms with Gasteiger partial charge >= 0.3 is 6.18 Å². The number of alkyl halides is 3. The molecule has 5 nitrogen and oxygen atoms in total. The van der Waals surface area contributed by atoms with Crippen molar-refractivity contribution in [2.75, 3.05) is 5.32 Å². The van der Waals surface area contributed by atoms with Crippen molar-refractivity contribution in [1.29, 1.82) is 5.26 Å². The number of rotatable bonds is 3. The van der Waals surface area contributed by atoms with Gasteiger partial charge < -0.3 is 5.32 Å². The Balaban J connectivity index is 2.29. The number of aryl methyl sites for hydroxylation is 1. The normalized spacial score (nSPS) is 11.2. The van der Waals surface area contributed by atoms with Gasteiger partial charge in [-0.1, -0.05) is 0 Å². The van der Waals surface area contributed by atoms with Crippen LogP contribution in [0, 0.1) is 11.3 Å². The molecule has 0 fully saturated rings. The van der Waals surface area contributed by atoms with E-state index in [0.29, 0.717) is 5.82 Å². The Morgan fingerprint density at radius 3 is 2.70 bits per heavy atom. The van der Waals surface area contributed by atoms with Crippen LogP contribution in [0.5, 0.6) is 0 Å². The number of nitrogens with one attached hydrogen (secondary N) is 1. The first-order valence-corrected chi connectivity index (χ1v) is 5.60. The summed E-state index contributed by atoms with van der Waals surface area (Å²) in [5, 5.41) is 15.2. The minimum absolute atomic E-state index is 0.0778. The molecule has 0 aliphatic heterocycles. The van der Waals surface area contributed by atoms with Crippen molar-refractivity contribution < 1.29 is 13.2 Å². The van der Waals surface area contributed by atoms with Crippen molar-refractivity contribution >= 4 is 5.69 Å². The molecule has 104 valence electrons. The molecule has 0 aliphatic carbocycles. The summed E-state index contributed by atoms with van der Waals surface area (Å²) in [4.78, 5) is 3.91. The van der Waals surface area contributed by atoms with Gasteiger partial charge in [-0.15, -0.1) is 0 Å². The highest BCUT2D eigenvalue weighted by atomic mass is 19.4. The molecule has 0 aliphatic rings. The number of nitrogens with zero attached hydrogens (tertiary/aromatic N) is 4. The van der Waals surface area contributed by atoms with Gasteiger partial charge in [0.2, 0.25) is 0 Å². The molecule has 0 radical (unpaired) electrons. The molecular weight excluding hydrogens is 271 g/mol. The van der Waals surface area contributed by atoms with Crippen molar-refractivity contribution in [3.05, 3.63) is 41.5 Å². The van der Waals surface area contributed by atoms with Crippen molar-refractivity contribution in [3.63, 3.8) is 0 Å². The molecule has 0 atom stereocenters. The monoisotopic (exact) mass is 281 g/mol. The van der Waals surface area contributed by atoms with Crippen LogP contribution in [0.4, 0.5) is 18.9 Å². The fourth-order valence-corrected chi connectivity index (χ4v) is 1.66. The number of hydrogen-bond acceptors (Lipinski definition) is 4. The fraction of sp³-hybridized carbons (Fsp3) is 0.250. The maximum Gasteiger partial charge on any atom is 0.418 e. The van der Waals surface area contributed by atoms with Gasteiger partial charge in [0.15, 0.2) is 0 Å². The first-order valence-electron chi connectivity index (χ1n) is 5.60. The van der Waals surface area contributed by atoms with E-state index in [1.807, 2.05) is 6.07 Å². The average Bonchev–Trinajstić information content (AvgIpc) is 2.80. The maximum atomic E-state index is 12.9. The van der Waals surface area contributed by atoms with Crippen LogP contribution in [0.25, 0.3) is 0 Å². The second kappa shape index (κ2) is 5.21. The summed E-state index contributed by atoms with van der Waals surface area (Å²) in [6.07, 6.45) is -3.18. The van der Waals surface area contributed by atoms with Gasteiger partial charge in [0.25, 0.3) is 0 Å². The van der Waals surface area contributed by atoms with Crippen LogP contribution in [0.3, 0.4) is 0 Å². The number of benzene rings is 1. The van der Waals surface area contributed by atoms with Gasteiger partial charge in [0, 0.05) is 12.7 Å². The van der Waals surface area contributed by atoms with E-state index >= 15 is 0 Å². The maximum absolute atomic E-state index is 12.9. The van der Waals surface area contributed by atoms with E-state index in [2.05, 4.69) is 15.4 Å². The zero-order chi connectivity index (χ0) is 14.8. The van der Waals surface area contributed by atoms with E-state index < -0.39 is 11.7 Å². The largest absolute Gasteiger partial charge is 0.418 e. The molecule has 0 unspecified atom stereocenters. The lowest BCUT2D eigenvalue weighted by Crippen LogP contribution is -2.13. The lowest BCUT2D eigenvalue weighted by molar-refractivity contribution is -0.137. The summed E-state index contributed by atoms with van der Waals surface area (Å²) in [6.45, 7) is 0.0778. The third-order valence-corrected chi connectivity index (χ3v) is 2.70. The summed E-state index contributed by atoms with van der Waals surface area (Å²) >= 11 is 0. The summed E-state index contributed by atoms with van der Waals surface area (Å²) in [5.74, 6) is 0.487. The molecule has 1 aromatic carbocycles. The molecule has 20 heavy (non-hydrogen) atoms. The molecule has 1 aromatic heterocycles. The van der Waals surface area contributed by atoms with Crippen LogP contribution in [-0.4, -0.2) is 14.8 Å². The Labute approximate surface area is 112 Å². The SMILES string of the molecule is Cn1ncnc1CNc1cc(C#N)ccc1C(F)(F)F. The highest BCUT2D eigenvalue weighted by molar-refractivity contribution is 5.56. The van der Waals surface area contributed by atoms with E-state index in [1.165, 1.54) is 17.1 Å². The van der Waals surface area contributed by atoms with Crippen LogP contribution in [0.15, 0.2) is 24.5 Å². The molecule has 0 spiro atoms. The van der Waals surface area contributed by atoms with Crippen molar-refractivity contribution in [1.82, 2.24) is 14.8 Å². The highest BCUT2D eigenvalue weighted by Crippen LogP contribution is 2.35. The molecule has 0 bridgehead atoms. The smallest absolute Gasteiger partial charge is 0.377 e. The van der Waals surface area contributed by atoms with Crippen LogP contribution in [-0.2, 0) is 19.8 Å². The first kappa shape index (κ1) is 13.9.